The van der Waals surface area contributed by atoms with Crippen molar-refractivity contribution in [1.29, 1.82) is 0 Å². The summed E-state index contributed by atoms with van der Waals surface area (Å²) < 4.78 is 46.0. The van der Waals surface area contributed by atoms with Gasteiger partial charge in [0.25, 0.3) is 0 Å². The van der Waals surface area contributed by atoms with Gasteiger partial charge in [-0.1, -0.05) is 12.1 Å². The molecular formula is C16H9F3N2O. The number of furan rings is 1. The molecule has 0 spiro atoms. The summed E-state index contributed by atoms with van der Waals surface area (Å²) in [6, 6.07) is 10.6. The van der Waals surface area contributed by atoms with Gasteiger partial charge in [0.2, 0.25) is 0 Å². The van der Waals surface area contributed by atoms with Crippen LogP contribution in [0.3, 0.4) is 0 Å². The minimum atomic E-state index is -4.38. The molecule has 0 aliphatic rings. The van der Waals surface area contributed by atoms with Crippen LogP contribution >= 0.6 is 0 Å². The van der Waals surface area contributed by atoms with Crippen LogP contribution in [-0.2, 0) is 6.18 Å². The molecule has 0 N–H and O–H groups in total. The fourth-order valence-electron chi connectivity index (χ4n) is 2.55. The van der Waals surface area contributed by atoms with Crippen LogP contribution in [0.25, 0.3) is 27.6 Å². The van der Waals surface area contributed by atoms with E-state index >= 15 is 0 Å². The minimum absolute atomic E-state index is 0.419. The maximum atomic E-state index is 12.9. The van der Waals surface area contributed by atoms with Crippen molar-refractivity contribution in [3.63, 3.8) is 0 Å². The molecule has 0 aliphatic heterocycles. The number of para-hydroxylation sites is 1. The van der Waals surface area contributed by atoms with E-state index < -0.39 is 11.7 Å². The summed E-state index contributed by atoms with van der Waals surface area (Å²) in [6.07, 6.45) is -0.996. The lowest BCUT2D eigenvalue weighted by molar-refractivity contribution is -0.137. The monoisotopic (exact) mass is 302 g/mol. The number of hydrogen-bond donors (Lipinski definition) is 0. The summed E-state index contributed by atoms with van der Waals surface area (Å²) in [5.74, 6) is 0. The number of fused-ring (bicyclic) bond motifs is 3. The van der Waals surface area contributed by atoms with E-state index in [1.807, 2.05) is 6.07 Å². The molecule has 22 heavy (non-hydrogen) atoms. The van der Waals surface area contributed by atoms with Crippen molar-refractivity contribution in [2.45, 2.75) is 6.18 Å². The lowest BCUT2D eigenvalue weighted by atomic mass is 10.1. The van der Waals surface area contributed by atoms with Crippen molar-refractivity contribution in [3.8, 4) is 5.69 Å². The third-order valence-electron chi connectivity index (χ3n) is 3.55. The first-order valence-corrected chi connectivity index (χ1v) is 6.56. The highest BCUT2D eigenvalue weighted by molar-refractivity contribution is 6.07. The number of benzene rings is 2. The van der Waals surface area contributed by atoms with E-state index in [9.17, 15) is 13.2 Å². The Bertz CT molecular complexity index is 968. The average molecular weight is 302 g/mol. The molecule has 2 aromatic heterocycles. The molecule has 3 nitrogen and oxygen atoms in total. The molecule has 4 aromatic rings. The maximum Gasteiger partial charge on any atom is 0.416 e. The third kappa shape index (κ3) is 1.88. The molecule has 0 unspecified atom stereocenters. The minimum Gasteiger partial charge on any atom is -0.454 e. The van der Waals surface area contributed by atoms with Gasteiger partial charge in [-0.05, 0) is 30.3 Å². The number of aromatic nitrogens is 2. The van der Waals surface area contributed by atoms with Gasteiger partial charge in [0.15, 0.2) is 5.58 Å². The van der Waals surface area contributed by atoms with Crippen molar-refractivity contribution >= 4 is 21.9 Å². The number of rotatable bonds is 1. The lowest BCUT2D eigenvalue weighted by Gasteiger charge is -2.05. The standard InChI is InChI=1S/C16H9F3N2O/c17-16(18,19)10-5-6-14-12(9-10)11-3-1-4-13(15(11)22-14)21-8-2-7-20-21/h1-9H. The van der Waals surface area contributed by atoms with Crippen LogP contribution < -0.4 is 0 Å². The molecule has 0 saturated heterocycles. The van der Waals surface area contributed by atoms with Gasteiger partial charge in [0, 0.05) is 23.2 Å². The van der Waals surface area contributed by atoms with Gasteiger partial charge in [-0.3, -0.25) is 0 Å². The summed E-state index contributed by atoms with van der Waals surface area (Å²) in [5, 5.41) is 5.22. The van der Waals surface area contributed by atoms with Gasteiger partial charge in [0.1, 0.15) is 11.3 Å². The second kappa shape index (κ2) is 4.37. The Morgan fingerprint density at radius 1 is 1.00 bits per heavy atom. The summed E-state index contributed by atoms with van der Waals surface area (Å²) in [5.41, 5.74) is 0.933. The van der Waals surface area contributed by atoms with E-state index in [1.54, 1.807) is 35.3 Å². The summed E-state index contributed by atoms with van der Waals surface area (Å²) in [6.45, 7) is 0. The van der Waals surface area contributed by atoms with Crippen LogP contribution in [0.1, 0.15) is 5.56 Å². The van der Waals surface area contributed by atoms with Crippen LogP contribution in [0.2, 0.25) is 0 Å². The fourth-order valence-corrected chi connectivity index (χ4v) is 2.55. The molecule has 0 atom stereocenters. The van der Waals surface area contributed by atoms with E-state index in [0.717, 1.165) is 12.1 Å². The highest BCUT2D eigenvalue weighted by atomic mass is 19.4. The van der Waals surface area contributed by atoms with Gasteiger partial charge >= 0.3 is 6.18 Å². The Morgan fingerprint density at radius 2 is 1.86 bits per heavy atom. The molecule has 2 aromatic carbocycles. The number of alkyl halides is 3. The van der Waals surface area contributed by atoms with Crippen LogP contribution in [-0.4, -0.2) is 9.78 Å². The summed E-state index contributed by atoms with van der Waals surface area (Å²) in [7, 11) is 0. The second-order valence-electron chi connectivity index (χ2n) is 4.92. The zero-order valence-electron chi connectivity index (χ0n) is 11.1. The SMILES string of the molecule is FC(F)(F)c1ccc2oc3c(-n4cccn4)cccc3c2c1. The van der Waals surface area contributed by atoms with Gasteiger partial charge in [-0.2, -0.15) is 18.3 Å². The van der Waals surface area contributed by atoms with Gasteiger partial charge in [0.05, 0.1) is 5.56 Å². The van der Waals surface area contributed by atoms with Gasteiger partial charge < -0.3 is 4.42 Å². The molecule has 0 fully saturated rings. The molecule has 0 saturated carbocycles. The Morgan fingerprint density at radius 3 is 2.59 bits per heavy atom. The Hall–Kier alpha value is -2.76. The third-order valence-corrected chi connectivity index (χ3v) is 3.55. The molecule has 0 amide bonds. The smallest absolute Gasteiger partial charge is 0.416 e. The van der Waals surface area contributed by atoms with Gasteiger partial charge in [-0.15, -0.1) is 0 Å². The highest BCUT2D eigenvalue weighted by Gasteiger charge is 2.31. The number of hydrogen-bond acceptors (Lipinski definition) is 2. The van der Waals surface area contributed by atoms with Crippen molar-refractivity contribution in [1.82, 2.24) is 9.78 Å². The second-order valence-corrected chi connectivity index (χ2v) is 4.92. The van der Waals surface area contributed by atoms with Crippen LogP contribution in [0.15, 0.2) is 59.3 Å². The molecule has 0 bridgehead atoms. The van der Waals surface area contributed by atoms with Gasteiger partial charge in [-0.25, -0.2) is 4.68 Å². The van der Waals surface area contributed by atoms with Crippen molar-refractivity contribution in [2.24, 2.45) is 0 Å². The largest absolute Gasteiger partial charge is 0.454 e. The lowest BCUT2D eigenvalue weighted by Crippen LogP contribution is -2.03. The van der Waals surface area contributed by atoms with E-state index in [2.05, 4.69) is 5.10 Å². The molecule has 0 radical (unpaired) electrons. The maximum absolute atomic E-state index is 12.9. The zero-order chi connectivity index (χ0) is 15.3. The first kappa shape index (κ1) is 12.9. The number of nitrogens with zero attached hydrogens (tertiary/aromatic N) is 2. The average Bonchev–Trinajstić information content (AvgIpc) is 3.12. The summed E-state index contributed by atoms with van der Waals surface area (Å²) in [4.78, 5) is 0. The molecule has 0 aliphatic carbocycles. The Balaban J connectivity index is 2.05. The normalized spacial score (nSPS) is 12.3. The van der Waals surface area contributed by atoms with E-state index in [0.29, 0.717) is 27.6 Å². The van der Waals surface area contributed by atoms with E-state index in [-0.39, 0.29) is 0 Å². The Kier molecular flexibility index (Phi) is 2.57. The Labute approximate surface area is 122 Å². The van der Waals surface area contributed by atoms with Crippen LogP contribution in [0, 0.1) is 0 Å². The van der Waals surface area contributed by atoms with E-state index in [1.165, 1.54) is 6.07 Å². The molecule has 4 rings (SSSR count). The predicted octanol–water partition coefficient (Wildman–Crippen LogP) is 4.79. The van der Waals surface area contributed by atoms with Crippen molar-refractivity contribution in [3.05, 3.63) is 60.4 Å². The molecular weight excluding hydrogens is 293 g/mol. The quantitative estimate of drug-likeness (QED) is 0.506. The molecule has 2 heterocycles. The van der Waals surface area contributed by atoms with Crippen molar-refractivity contribution < 1.29 is 17.6 Å². The summed E-state index contributed by atoms with van der Waals surface area (Å²) >= 11 is 0. The molecule has 6 heteroatoms. The molecule has 110 valence electrons. The van der Waals surface area contributed by atoms with Crippen LogP contribution in [0.4, 0.5) is 13.2 Å². The topological polar surface area (TPSA) is 31.0 Å². The number of halogens is 3. The zero-order valence-corrected chi connectivity index (χ0v) is 11.1. The highest BCUT2D eigenvalue weighted by Crippen LogP contribution is 2.36. The predicted molar refractivity (Wildman–Crippen MR) is 75.8 cm³/mol. The van der Waals surface area contributed by atoms with E-state index in [4.69, 9.17) is 4.42 Å². The first-order chi connectivity index (χ1) is 10.5. The first-order valence-electron chi connectivity index (χ1n) is 6.56. The van der Waals surface area contributed by atoms with Crippen molar-refractivity contribution in [2.75, 3.05) is 0 Å². The van der Waals surface area contributed by atoms with Crippen LogP contribution in [0.5, 0.6) is 0 Å². The fraction of sp³-hybridized carbons (Fsp3) is 0.0625.